The van der Waals surface area contributed by atoms with Crippen LogP contribution >= 0.6 is 0 Å². The van der Waals surface area contributed by atoms with Gasteiger partial charge in [0.25, 0.3) is 0 Å². The lowest BCUT2D eigenvalue weighted by Crippen LogP contribution is -2.17. The van der Waals surface area contributed by atoms with Crippen molar-refractivity contribution in [3.05, 3.63) is 35.4 Å². The molecule has 2 rings (SSSR count). The van der Waals surface area contributed by atoms with E-state index in [1.807, 2.05) is 0 Å². The summed E-state index contributed by atoms with van der Waals surface area (Å²) in [6.45, 7) is 0. The second-order valence-electron chi connectivity index (χ2n) is 4.51. The first-order valence-electron chi connectivity index (χ1n) is 5.81. The number of aliphatic hydroxyl groups excluding tert-OH is 1. The molecule has 0 spiro atoms. The smallest absolute Gasteiger partial charge is 0.129 e. The van der Waals surface area contributed by atoms with E-state index in [0.717, 1.165) is 43.9 Å². The first kappa shape index (κ1) is 11.5. The van der Waals surface area contributed by atoms with Gasteiger partial charge in [0, 0.05) is 5.56 Å². The highest BCUT2D eigenvalue weighted by Gasteiger charge is 2.25. The van der Waals surface area contributed by atoms with Crippen LogP contribution in [0, 0.1) is 17.6 Å². The molecule has 16 heavy (non-hydrogen) atoms. The van der Waals surface area contributed by atoms with E-state index in [4.69, 9.17) is 0 Å². The van der Waals surface area contributed by atoms with Gasteiger partial charge in [0.1, 0.15) is 11.6 Å². The quantitative estimate of drug-likeness (QED) is 0.817. The molecule has 1 nitrogen and oxygen atoms in total. The highest BCUT2D eigenvalue weighted by molar-refractivity contribution is 5.21. The number of hydrogen-bond acceptors (Lipinski definition) is 1. The molecule has 0 amide bonds. The summed E-state index contributed by atoms with van der Waals surface area (Å²) in [6.07, 6.45) is 4.25. The second-order valence-corrected chi connectivity index (χ2v) is 4.51. The lowest BCUT2D eigenvalue weighted by atomic mass is 9.82. The largest absolute Gasteiger partial charge is 0.388 e. The van der Waals surface area contributed by atoms with Crippen molar-refractivity contribution in [2.24, 2.45) is 5.92 Å². The van der Waals surface area contributed by atoms with Gasteiger partial charge in [0.05, 0.1) is 6.10 Å². The van der Waals surface area contributed by atoms with Crippen molar-refractivity contribution in [3.8, 4) is 0 Å². The zero-order valence-electron chi connectivity index (χ0n) is 9.13. The topological polar surface area (TPSA) is 20.2 Å². The third kappa shape index (κ3) is 2.40. The lowest BCUT2D eigenvalue weighted by molar-refractivity contribution is 0.0813. The third-order valence-electron chi connectivity index (χ3n) is 3.37. The molecule has 1 saturated carbocycles. The van der Waals surface area contributed by atoms with Crippen LogP contribution in [-0.4, -0.2) is 5.11 Å². The van der Waals surface area contributed by atoms with E-state index in [2.05, 4.69) is 0 Å². The maximum absolute atomic E-state index is 13.4. The number of benzene rings is 1. The van der Waals surface area contributed by atoms with Crippen LogP contribution in [-0.2, 0) is 0 Å². The summed E-state index contributed by atoms with van der Waals surface area (Å²) < 4.78 is 26.4. The van der Waals surface area contributed by atoms with Crippen molar-refractivity contribution in [2.75, 3.05) is 0 Å². The van der Waals surface area contributed by atoms with Crippen molar-refractivity contribution in [1.29, 1.82) is 0 Å². The fourth-order valence-electron chi connectivity index (χ4n) is 2.45. The van der Waals surface area contributed by atoms with Crippen molar-refractivity contribution >= 4 is 0 Å². The number of halogens is 2. The van der Waals surface area contributed by atoms with Gasteiger partial charge in [-0.25, -0.2) is 8.78 Å². The van der Waals surface area contributed by atoms with Crippen LogP contribution in [0.2, 0.25) is 0 Å². The molecule has 1 fully saturated rings. The van der Waals surface area contributed by atoms with Gasteiger partial charge in [-0.2, -0.15) is 0 Å². The Labute approximate surface area is 94.1 Å². The Hall–Kier alpha value is -0.960. The molecular formula is C13H16F2O. The molecule has 0 bridgehead atoms. The summed E-state index contributed by atoms with van der Waals surface area (Å²) in [5, 5.41) is 10.0. The molecule has 3 heteroatoms. The minimum Gasteiger partial charge on any atom is -0.388 e. The molecule has 0 aromatic heterocycles. The zero-order valence-corrected chi connectivity index (χ0v) is 9.13. The first-order valence-corrected chi connectivity index (χ1v) is 5.81. The Morgan fingerprint density at radius 1 is 1.12 bits per heavy atom. The molecule has 0 unspecified atom stereocenters. The maximum Gasteiger partial charge on any atom is 0.129 e. The maximum atomic E-state index is 13.4. The zero-order chi connectivity index (χ0) is 11.5. The van der Waals surface area contributed by atoms with Gasteiger partial charge in [0.15, 0.2) is 0 Å². The molecule has 1 atom stereocenters. The summed E-state index contributed by atoms with van der Waals surface area (Å²) in [5.74, 6) is -0.934. The van der Waals surface area contributed by atoms with Gasteiger partial charge in [-0.3, -0.25) is 0 Å². The highest BCUT2D eigenvalue weighted by Crippen LogP contribution is 2.35. The van der Waals surface area contributed by atoms with Crippen LogP contribution in [0.5, 0.6) is 0 Å². The Bertz CT molecular complexity index is 359. The van der Waals surface area contributed by atoms with Crippen molar-refractivity contribution in [3.63, 3.8) is 0 Å². The predicted octanol–water partition coefficient (Wildman–Crippen LogP) is 3.58. The Morgan fingerprint density at radius 3 is 2.50 bits per heavy atom. The first-order chi connectivity index (χ1) is 7.68. The normalized spacial score (nSPS) is 19.7. The van der Waals surface area contributed by atoms with Gasteiger partial charge < -0.3 is 5.11 Å². The minimum absolute atomic E-state index is 0.0741. The highest BCUT2D eigenvalue weighted by atomic mass is 19.1. The molecule has 0 radical (unpaired) electrons. The molecule has 1 N–H and O–H groups in total. The molecule has 88 valence electrons. The van der Waals surface area contributed by atoms with Crippen LogP contribution in [0.1, 0.15) is 43.8 Å². The number of rotatable bonds is 2. The molecule has 1 aromatic rings. The molecule has 1 aliphatic carbocycles. The number of hydrogen-bond donors (Lipinski definition) is 1. The van der Waals surface area contributed by atoms with Crippen LogP contribution in [0.3, 0.4) is 0 Å². The molecule has 0 saturated heterocycles. The van der Waals surface area contributed by atoms with Crippen LogP contribution in [0.4, 0.5) is 8.78 Å². The molecule has 0 aliphatic heterocycles. The van der Waals surface area contributed by atoms with Crippen molar-refractivity contribution < 1.29 is 13.9 Å². The van der Waals surface area contributed by atoms with E-state index in [9.17, 15) is 13.9 Å². The Balaban J connectivity index is 2.18. The predicted molar refractivity (Wildman–Crippen MR) is 57.9 cm³/mol. The number of aliphatic hydroxyl groups is 1. The van der Waals surface area contributed by atoms with E-state index in [-0.39, 0.29) is 11.5 Å². The monoisotopic (exact) mass is 226 g/mol. The second kappa shape index (κ2) is 4.91. The third-order valence-corrected chi connectivity index (χ3v) is 3.37. The van der Waals surface area contributed by atoms with E-state index in [0.29, 0.717) is 0 Å². The average molecular weight is 226 g/mol. The van der Waals surface area contributed by atoms with E-state index >= 15 is 0 Å². The summed E-state index contributed by atoms with van der Waals surface area (Å²) >= 11 is 0. The fraction of sp³-hybridized carbons (Fsp3) is 0.538. The van der Waals surface area contributed by atoms with E-state index in [1.165, 1.54) is 6.42 Å². The van der Waals surface area contributed by atoms with Gasteiger partial charge in [-0.1, -0.05) is 19.3 Å². The average Bonchev–Trinajstić information content (AvgIpc) is 2.32. The van der Waals surface area contributed by atoms with Gasteiger partial charge in [-0.15, -0.1) is 0 Å². The summed E-state index contributed by atoms with van der Waals surface area (Å²) in [5.41, 5.74) is 0.104. The molecule has 0 heterocycles. The summed E-state index contributed by atoms with van der Waals surface area (Å²) in [6, 6.07) is 3.26. The SMILES string of the molecule is O[C@@H](c1cc(F)ccc1F)C1CCCCC1. The lowest BCUT2D eigenvalue weighted by Gasteiger charge is -2.27. The molecule has 1 aromatic carbocycles. The van der Waals surface area contributed by atoms with E-state index < -0.39 is 17.7 Å². The Kier molecular flexibility index (Phi) is 3.54. The summed E-state index contributed by atoms with van der Waals surface area (Å²) in [4.78, 5) is 0. The van der Waals surface area contributed by atoms with Gasteiger partial charge in [0.2, 0.25) is 0 Å². The van der Waals surface area contributed by atoms with Gasteiger partial charge >= 0.3 is 0 Å². The minimum atomic E-state index is -0.865. The molecule has 1 aliphatic rings. The molecular weight excluding hydrogens is 210 g/mol. The van der Waals surface area contributed by atoms with Crippen LogP contribution in [0.25, 0.3) is 0 Å². The standard InChI is InChI=1S/C13H16F2O/c14-10-6-7-12(15)11(8-10)13(16)9-4-2-1-3-5-9/h6-9,13,16H,1-5H2/t13-/m1/s1. The van der Waals surface area contributed by atoms with Crippen LogP contribution < -0.4 is 0 Å². The van der Waals surface area contributed by atoms with Crippen molar-refractivity contribution in [1.82, 2.24) is 0 Å². The van der Waals surface area contributed by atoms with Gasteiger partial charge in [-0.05, 0) is 37.0 Å². The summed E-state index contributed by atoms with van der Waals surface area (Å²) in [7, 11) is 0. The van der Waals surface area contributed by atoms with E-state index in [1.54, 1.807) is 0 Å². The fourth-order valence-corrected chi connectivity index (χ4v) is 2.45. The Morgan fingerprint density at radius 2 is 1.81 bits per heavy atom. The van der Waals surface area contributed by atoms with Crippen molar-refractivity contribution in [2.45, 2.75) is 38.2 Å². The van der Waals surface area contributed by atoms with Crippen LogP contribution in [0.15, 0.2) is 18.2 Å².